The van der Waals surface area contributed by atoms with Crippen LogP contribution >= 0.6 is 11.8 Å². The Morgan fingerprint density at radius 2 is 2.07 bits per heavy atom. The number of nitrogens with one attached hydrogen (secondary N) is 1. The fourth-order valence-electron chi connectivity index (χ4n) is 3.70. The first kappa shape index (κ1) is 18.9. The van der Waals surface area contributed by atoms with Crippen LogP contribution in [-0.2, 0) is 0 Å². The number of halogens is 1. The van der Waals surface area contributed by atoms with Crippen molar-refractivity contribution in [3.8, 4) is 5.75 Å². The summed E-state index contributed by atoms with van der Waals surface area (Å²) in [7, 11) is 1.66. The topological polar surface area (TPSA) is 41.6 Å². The second kappa shape index (κ2) is 8.27. The molecule has 2 heterocycles. The van der Waals surface area contributed by atoms with E-state index >= 15 is 0 Å². The predicted molar refractivity (Wildman–Crippen MR) is 110 cm³/mol. The highest BCUT2D eigenvalue weighted by molar-refractivity contribution is 7.99. The van der Waals surface area contributed by atoms with Crippen LogP contribution in [0.15, 0.2) is 53.4 Å². The molecule has 1 unspecified atom stereocenters. The maximum atomic E-state index is 14.0. The molecule has 1 atom stereocenters. The van der Waals surface area contributed by atoms with Crippen LogP contribution in [0.4, 0.5) is 9.18 Å². The number of thioether (sulfide) groups is 1. The third kappa shape index (κ3) is 3.87. The Bertz CT molecular complexity index is 898. The van der Waals surface area contributed by atoms with Crippen LogP contribution in [0.1, 0.15) is 30.0 Å². The monoisotopic (exact) mass is 398 g/mol. The van der Waals surface area contributed by atoms with Crippen molar-refractivity contribution in [1.29, 1.82) is 0 Å². The summed E-state index contributed by atoms with van der Waals surface area (Å²) in [5.74, 6) is 1.44. The van der Waals surface area contributed by atoms with Crippen LogP contribution in [0.3, 0.4) is 0 Å². The number of urea groups is 1. The zero-order chi connectivity index (χ0) is 19.5. The first-order chi connectivity index (χ1) is 13.7. The predicted octanol–water partition coefficient (Wildman–Crippen LogP) is 4.87. The lowest BCUT2D eigenvalue weighted by Crippen LogP contribution is -2.44. The summed E-state index contributed by atoms with van der Waals surface area (Å²) >= 11 is 1.52. The minimum Gasteiger partial charge on any atom is -0.497 e. The van der Waals surface area contributed by atoms with Gasteiger partial charge in [-0.05, 0) is 47.7 Å². The zero-order valence-electron chi connectivity index (χ0n) is 15.8. The van der Waals surface area contributed by atoms with Crippen molar-refractivity contribution >= 4 is 23.4 Å². The molecule has 2 aromatic rings. The SMILES string of the molecule is COc1ccc(C2=CCN(C(=O)NC3CCSc4c(F)cccc43)CC2)cc1. The Morgan fingerprint density at radius 1 is 1.25 bits per heavy atom. The minimum absolute atomic E-state index is 0.0860. The number of hydrogen-bond acceptors (Lipinski definition) is 3. The van der Waals surface area contributed by atoms with Gasteiger partial charge in [0.1, 0.15) is 11.6 Å². The van der Waals surface area contributed by atoms with Crippen molar-refractivity contribution in [2.75, 3.05) is 26.0 Å². The first-order valence-corrected chi connectivity index (χ1v) is 10.4. The summed E-state index contributed by atoms with van der Waals surface area (Å²) in [4.78, 5) is 15.2. The second-order valence-electron chi connectivity index (χ2n) is 6.95. The van der Waals surface area contributed by atoms with Gasteiger partial charge in [-0.3, -0.25) is 0 Å². The maximum absolute atomic E-state index is 14.0. The van der Waals surface area contributed by atoms with Crippen LogP contribution in [0, 0.1) is 5.82 Å². The third-order valence-corrected chi connectivity index (χ3v) is 6.44. The molecule has 28 heavy (non-hydrogen) atoms. The van der Waals surface area contributed by atoms with E-state index in [1.54, 1.807) is 13.2 Å². The molecule has 0 aliphatic carbocycles. The molecule has 0 radical (unpaired) electrons. The molecule has 2 aliphatic heterocycles. The Balaban J connectivity index is 1.41. The molecule has 0 spiro atoms. The van der Waals surface area contributed by atoms with E-state index in [9.17, 15) is 9.18 Å². The lowest BCUT2D eigenvalue weighted by atomic mass is 9.99. The van der Waals surface area contributed by atoms with Crippen molar-refractivity contribution in [2.24, 2.45) is 0 Å². The van der Waals surface area contributed by atoms with Crippen LogP contribution in [0.25, 0.3) is 5.57 Å². The Kier molecular flexibility index (Phi) is 5.57. The number of hydrogen-bond donors (Lipinski definition) is 1. The summed E-state index contributed by atoms with van der Waals surface area (Å²) in [6, 6.07) is 12.9. The summed E-state index contributed by atoms with van der Waals surface area (Å²) < 4.78 is 19.2. The van der Waals surface area contributed by atoms with E-state index in [1.807, 2.05) is 35.2 Å². The van der Waals surface area contributed by atoms with Crippen LogP contribution in [-0.4, -0.2) is 36.9 Å². The lowest BCUT2D eigenvalue weighted by molar-refractivity contribution is 0.198. The van der Waals surface area contributed by atoms with Crippen LogP contribution < -0.4 is 10.1 Å². The quantitative estimate of drug-likeness (QED) is 0.802. The molecule has 0 aromatic heterocycles. The Hall–Kier alpha value is -2.47. The normalized spacial score (nSPS) is 18.9. The van der Waals surface area contributed by atoms with Gasteiger partial charge in [-0.25, -0.2) is 9.18 Å². The van der Waals surface area contributed by atoms with Gasteiger partial charge in [-0.15, -0.1) is 11.8 Å². The van der Waals surface area contributed by atoms with Gasteiger partial charge in [0.25, 0.3) is 0 Å². The van der Waals surface area contributed by atoms with Gasteiger partial charge >= 0.3 is 6.03 Å². The molecule has 146 valence electrons. The van der Waals surface area contributed by atoms with Gasteiger partial charge in [-0.1, -0.05) is 30.3 Å². The number of amides is 2. The minimum atomic E-state index is -0.202. The van der Waals surface area contributed by atoms with Gasteiger partial charge in [-0.2, -0.15) is 0 Å². The number of nitrogens with zero attached hydrogens (tertiary/aromatic N) is 1. The fourth-order valence-corrected chi connectivity index (χ4v) is 4.84. The molecular weight excluding hydrogens is 375 g/mol. The van der Waals surface area contributed by atoms with Gasteiger partial charge in [0.15, 0.2) is 0 Å². The molecule has 6 heteroatoms. The largest absolute Gasteiger partial charge is 0.497 e. The molecule has 1 N–H and O–H groups in total. The number of carbonyl (C=O) groups is 1. The molecule has 4 nitrogen and oxygen atoms in total. The highest BCUT2D eigenvalue weighted by Crippen LogP contribution is 2.37. The van der Waals surface area contributed by atoms with Gasteiger partial charge < -0.3 is 15.0 Å². The van der Waals surface area contributed by atoms with E-state index in [0.717, 1.165) is 35.5 Å². The van der Waals surface area contributed by atoms with Crippen LogP contribution in [0.5, 0.6) is 5.75 Å². The van der Waals surface area contributed by atoms with Crippen molar-refractivity contribution in [2.45, 2.75) is 23.8 Å². The van der Waals surface area contributed by atoms with Gasteiger partial charge in [0.2, 0.25) is 0 Å². The first-order valence-electron chi connectivity index (χ1n) is 9.46. The summed E-state index contributed by atoms with van der Waals surface area (Å²) in [6.45, 7) is 1.24. The highest BCUT2D eigenvalue weighted by Gasteiger charge is 2.26. The fraction of sp³-hybridized carbons (Fsp3) is 0.318. The smallest absolute Gasteiger partial charge is 0.318 e. The van der Waals surface area contributed by atoms with E-state index in [1.165, 1.54) is 23.4 Å². The lowest BCUT2D eigenvalue weighted by Gasteiger charge is -2.31. The third-order valence-electron chi connectivity index (χ3n) is 5.28. The van der Waals surface area contributed by atoms with E-state index in [-0.39, 0.29) is 17.9 Å². The van der Waals surface area contributed by atoms with Gasteiger partial charge in [0.05, 0.1) is 13.2 Å². The van der Waals surface area contributed by atoms with Crippen molar-refractivity contribution in [3.05, 3.63) is 65.5 Å². The van der Waals surface area contributed by atoms with E-state index in [2.05, 4.69) is 11.4 Å². The zero-order valence-corrected chi connectivity index (χ0v) is 16.6. The maximum Gasteiger partial charge on any atom is 0.318 e. The number of methoxy groups -OCH3 is 1. The molecule has 0 saturated heterocycles. The van der Waals surface area contributed by atoms with Gasteiger partial charge in [0, 0.05) is 23.7 Å². The van der Waals surface area contributed by atoms with Crippen molar-refractivity contribution in [1.82, 2.24) is 10.2 Å². The highest BCUT2D eigenvalue weighted by atomic mass is 32.2. The number of benzene rings is 2. The number of ether oxygens (including phenoxy) is 1. The molecular formula is C22H23FN2O2S. The average molecular weight is 399 g/mol. The standard InChI is InChI=1S/C22H23FN2O2S/c1-27-17-7-5-15(6-8-17)16-9-12-25(13-10-16)22(26)24-20-11-14-28-21-18(20)3-2-4-19(21)23/h2-9,20H,10-14H2,1H3,(H,24,26). The molecule has 0 bridgehead atoms. The Labute approximate surface area is 168 Å². The number of rotatable bonds is 3. The van der Waals surface area contributed by atoms with E-state index in [4.69, 9.17) is 4.74 Å². The van der Waals surface area contributed by atoms with Crippen molar-refractivity contribution < 1.29 is 13.9 Å². The summed E-state index contributed by atoms with van der Waals surface area (Å²) in [5.41, 5.74) is 3.29. The number of fused-ring (bicyclic) bond motifs is 1. The van der Waals surface area contributed by atoms with E-state index < -0.39 is 0 Å². The second-order valence-corrected chi connectivity index (χ2v) is 8.06. The molecule has 0 fully saturated rings. The molecule has 4 rings (SSSR count). The summed E-state index contributed by atoms with van der Waals surface area (Å²) in [5, 5.41) is 3.10. The number of carbonyl (C=O) groups excluding carboxylic acids is 1. The molecule has 2 amide bonds. The molecule has 2 aromatic carbocycles. The average Bonchev–Trinajstić information content (AvgIpc) is 2.75. The molecule has 0 saturated carbocycles. The summed E-state index contributed by atoms with van der Waals surface area (Å²) in [6.07, 6.45) is 3.73. The Morgan fingerprint density at radius 3 is 2.79 bits per heavy atom. The van der Waals surface area contributed by atoms with Crippen LogP contribution in [0.2, 0.25) is 0 Å². The van der Waals surface area contributed by atoms with Crippen molar-refractivity contribution in [3.63, 3.8) is 0 Å². The molecule has 2 aliphatic rings. The van der Waals surface area contributed by atoms with E-state index in [0.29, 0.717) is 18.0 Å².